The summed E-state index contributed by atoms with van der Waals surface area (Å²) in [4.78, 5) is 31.4. The molecule has 1 fully saturated rings. The van der Waals surface area contributed by atoms with Crippen LogP contribution in [0.4, 0.5) is 0 Å². The molecule has 4 rings (SSSR count). The number of rotatable bonds is 4. The minimum absolute atomic E-state index is 0.116. The highest BCUT2D eigenvalue weighted by Crippen LogP contribution is 2.28. The minimum Gasteiger partial charge on any atom is -0.342 e. The Morgan fingerprint density at radius 3 is 2.68 bits per heavy atom. The van der Waals surface area contributed by atoms with Gasteiger partial charge in [-0.25, -0.2) is 15.0 Å². The van der Waals surface area contributed by atoms with Crippen LogP contribution in [0, 0.1) is 6.92 Å². The topological polar surface area (TPSA) is 62.2 Å². The summed E-state index contributed by atoms with van der Waals surface area (Å²) in [6.07, 6.45) is 6.01. The standard InChI is InChI=1S/C21H25N5OS/c1-14-22-13-19(28-14)15-4-5-16-12-23-20(24-18(16)10-15)11-21(27)26-8-6-17(7-9-26)25(2)3/h4-5,10,12-13,17H,6-9,11H2,1-3H3. The van der Waals surface area contributed by atoms with Crippen LogP contribution in [-0.4, -0.2) is 63.9 Å². The number of hydrogen-bond donors (Lipinski definition) is 0. The van der Waals surface area contributed by atoms with E-state index in [1.165, 1.54) is 0 Å². The molecule has 1 aromatic carbocycles. The number of piperidine rings is 1. The SMILES string of the molecule is Cc1ncc(-c2ccc3cnc(CC(=O)N4CCC(N(C)C)CC4)nc3c2)s1. The van der Waals surface area contributed by atoms with E-state index in [0.717, 1.165) is 52.3 Å². The Morgan fingerprint density at radius 2 is 2.00 bits per heavy atom. The Bertz CT molecular complexity index is 991. The molecule has 146 valence electrons. The summed E-state index contributed by atoms with van der Waals surface area (Å²) in [6, 6.07) is 6.71. The average molecular weight is 396 g/mol. The highest BCUT2D eigenvalue weighted by molar-refractivity contribution is 7.15. The molecule has 0 saturated carbocycles. The number of thiazole rings is 1. The molecule has 0 atom stereocenters. The smallest absolute Gasteiger partial charge is 0.230 e. The Hall–Kier alpha value is -2.38. The molecule has 0 spiro atoms. The van der Waals surface area contributed by atoms with Gasteiger partial charge in [0.05, 0.1) is 21.8 Å². The Labute approximate surface area is 169 Å². The van der Waals surface area contributed by atoms with E-state index in [9.17, 15) is 4.79 Å². The van der Waals surface area contributed by atoms with Crippen LogP contribution in [0.3, 0.4) is 0 Å². The van der Waals surface area contributed by atoms with Crippen molar-refractivity contribution >= 4 is 28.1 Å². The van der Waals surface area contributed by atoms with Crippen LogP contribution in [0.25, 0.3) is 21.3 Å². The minimum atomic E-state index is 0.116. The van der Waals surface area contributed by atoms with Crippen LogP contribution in [0.1, 0.15) is 23.7 Å². The van der Waals surface area contributed by atoms with Gasteiger partial charge >= 0.3 is 0 Å². The van der Waals surface area contributed by atoms with Crippen molar-refractivity contribution in [2.45, 2.75) is 32.2 Å². The molecule has 0 unspecified atom stereocenters. The van der Waals surface area contributed by atoms with Gasteiger partial charge in [0.15, 0.2) is 0 Å². The molecule has 3 aromatic rings. The lowest BCUT2D eigenvalue weighted by Gasteiger charge is -2.35. The number of amides is 1. The third-order valence-electron chi connectivity index (χ3n) is 5.40. The fraction of sp³-hybridized carbons (Fsp3) is 0.429. The maximum absolute atomic E-state index is 12.7. The zero-order valence-corrected chi connectivity index (χ0v) is 17.4. The highest BCUT2D eigenvalue weighted by Gasteiger charge is 2.24. The highest BCUT2D eigenvalue weighted by atomic mass is 32.1. The summed E-state index contributed by atoms with van der Waals surface area (Å²) >= 11 is 1.67. The van der Waals surface area contributed by atoms with Crippen LogP contribution in [0.5, 0.6) is 0 Å². The normalized spacial score (nSPS) is 15.5. The molecule has 0 radical (unpaired) electrons. The van der Waals surface area contributed by atoms with Crippen LogP contribution < -0.4 is 0 Å². The van der Waals surface area contributed by atoms with Gasteiger partial charge in [-0.15, -0.1) is 11.3 Å². The van der Waals surface area contributed by atoms with E-state index in [-0.39, 0.29) is 12.3 Å². The maximum Gasteiger partial charge on any atom is 0.230 e. The average Bonchev–Trinajstić information content (AvgIpc) is 3.14. The monoisotopic (exact) mass is 395 g/mol. The second-order valence-electron chi connectivity index (χ2n) is 7.56. The van der Waals surface area contributed by atoms with Crippen molar-refractivity contribution in [3.05, 3.63) is 41.4 Å². The Balaban J connectivity index is 1.49. The number of aryl methyl sites for hydroxylation is 1. The van der Waals surface area contributed by atoms with E-state index < -0.39 is 0 Å². The molecule has 1 amide bonds. The van der Waals surface area contributed by atoms with Crippen molar-refractivity contribution in [3.63, 3.8) is 0 Å². The fourth-order valence-corrected chi connectivity index (χ4v) is 4.45. The summed E-state index contributed by atoms with van der Waals surface area (Å²) in [7, 11) is 4.21. The van der Waals surface area contributed by atoms with E-state index in [1.807, 2.05) is 30.3 Å². The molecule has 1 aliphatic rings. The van der Waals surface area contributed by atoms with Crippen LogP contribution in [0.2, 0.25) is 0 Å². The van der Waals surface area contributed by atoms with Crippen molar-refractivity contribution in [2.75, 3.05) is 27.2 Å². The van der Waals surface area contributed by atoms with Crippen molar-refractivity contribution in [2.24, 2.45) is 0 Å². The van der Waals surface area contributed by atoms with Gasteiger partial charge in [-0.1, -0.05) is 12.1 Å². The predicted molar refractivity (Wildman–Crippen MR) is 112 cm³/mol. The van der Waals surface area contributed by atoms with Gasteiger partial charge in [0.25, 0.3) is 0 Å². The molecule has 7 heteroatoms. The first-order valence-corrected chi connectivity index (χ1v) is 10.4. The molecular weight excluding hydrogens is 370 g/mol. The molecule has 0 bridgehead atoms. The van der Waals surface area contributed by atoms with E-state index in [4.69, 9.17) is 0 Å². The fourth-order valence-electron chi connectivity index (χ4n) is 3.67. The van der Waals surface area contributed by atoms with Gasteiger partial charge in [-0.3, -0.25) is 4.79 Å². The van der Waals surface area contributed by atoms with E-state index in [2.05, 4.69) is 46.1 Å². The first-order valence-electron chi connectivity index (χ1n) is 9.62. The number of nitrogens with zero attached hydrogens (tertiary/aromatic N) is 5. The Kier molecular flexibility index (Phi) is 5.37. The second kappa shape index (κ2) is 7.93. The van der Waals surface area contributed by atoms with Crippen molar-refractivity contribution < 1.29 is 4.79 Å². The van der Waals surface area contributed by atoms with Gasteiger partial charge in [0.1, 0.15) is 5.82 Å². The molecule has 2 aromatic heterocycles. The summed E-state index contributed by atoms with van der Waals surface area (Å²) in [5, 5.41) is 2.02. The molecule has 6 nitrogen and oxygen atoms in total. The summed E-state index contributed by atoms with van der Waals surface area (Å²) < 4.78 is 0. The molecule has 0 aliphatic carbocycles. The number of benzene rings is 1. The number of hydrogen-bond acceptors (Lipinski definition) is 6. The second-order valence-corrected chi connectivity index (χ2v) is 8.79. The van der Waals surface area contributed by atoms with Gasteiger partial charge in [0, 0.05) is 36.9 Å². The summed E-state index contributed by atoms with van der Waals surface area (Å²) in [5.74, 6) is 0.704. The third-order valence-corrected chi connectivity index (χ3v) is 6.36. The van der Waals surface area contributed by atoms with E-state index in [1.54, 1.807) is 11.3 Å². The zero-order valence-electron chi connectivity index (χ0n) is 16.6. The Morgan fingerprint density at radius 1 is 1.21 bits per heavy atom. The number of carbonyl (C=O) groups is 1. The molecule has 28 heavy (non-hydrogen) atoms. The number of aromatic nitrogens is 3. The first kappa shape index (κ1) is 19.0. The lowest BCUT2D eigenvalue weighted by atomic mass is 10.0. The zero-order chi connectivity index (χ0) is 19.7. The van der Waals surface area contributed by atoms with E-state index >= 15 is 0 Å². The van der Waals surface area contributed by atoms with E-state index in [0.29, 0.717) is 11.9 Å². The summed E-state index contributed by atoms with van der Waals surface area (Å²) in [6.45, 7) is 3.62. The predicted octanol–water partition coefficient (Wildman–Crippen LogP) is 3.16. The van der Waals surface area contributed by atoms with Crippen LogP contribution in [0.15, 0.2) is 30.6 Å². The quantitative estimate of drug-likeness (QED) is 0.679. The lowest BCUT2D eigenvalue weighted by Crippen LogP contribution is -2.45. The summed E-state index contributed by atoms with van der Waals surface area (Å²) in [5.41, 5.74) is 1.97. The number of fused-ring (bicyclic) bond motifs is 1. The van der Waals surface area contributed by atoms with Gasteiger partial charge in [-0.05, 0) is 45.5 Å². The molecule has 0 N–H and O–H groups in total. The molecule has 3 heterocycles. The van der Waals surface area contributed by atoms with Crippen molar-refractivity contribution in [3.8, 4) is 10.4 Å². The third kappa shape index (κ3) is 4.05. The molecule has 1 saturated heterocycles. The van der Waals surface area contributed by atoms with Crippen molar-refractivity contribution in [1.29, 1.82) is 0 Å². The maximum atomic E-state index is 12.7. The largest absolute Gasteiger partial charge is 0.342 e. The van der Waals surface area contributed by atoms with Crippen molar-refractivity contribution in [1.82, 2.24) is 24.8 Å². The molecule has 1 aliphatic heterocycles. The number of carbonyl (C=O) groups excluding carboxylic acids is 1. The van der Waals surface area contributed by atoms with Gasteiger partial charge in [0.2, 0.25) is 5.91 Å². The van der Waals surface area contributed by atoms with Gasteiger partial charge < -0.3 is 9.80 Å². The van der Waals surface area contributed by atoms with Crippen LogP contribution in [-0.2, 0) is 11.2 Å². The van der Waals surface area contributed by atoms with Gasteiger partial charge in [-0.2, -0.15) is 0 Å². The van der Waals surface area contributed by atoms with Crippen LogP contribution >= 0.6 is 11.3 Å². The first-order chi connectivity index (χ1) is 13.5. The lowest BCUT2D eigenvalue weighted by molar-refractivity contribution is -0.132. The number of likely N-dealkylation sites (tertiary alicyclic amines) is 1. The molecular formula is C21H25N5OS.